The Morgan fingerprint density at radius 3 is 1.91 bits per heavy atom. The van der Waals surface area contributed by atoms with Crippen LogP contribution in [0.1, 0.15) is 12.8 Å². The maximum absolute atomic E-state index is 13.1. The highest BCUT2D eigenvalue weighted by Gasteiger charge is 2.19. The van der Waals surface area contributed by atoms with Crippen LogP contribution >= 0.6 is 0 Å². The minimum atomic E-state index is -3.65. The Labute approximate surface area is 200 Å². The summed E-state index contributed by atoms with van der Waals surface area (Å²) in [7, 11) is -3.65. The molecule has 182 valence electrons. The van der Waals surface area contributed by atoms with Crippen molar-refractivity contribution in [3.63, 3.8) is 0 Å². The predicted molar refractivity (Wildman–Crippen MR) is 136 cm³/mol. The first kappa shape index (κ1) is 24.8. The average molecular weight is 485 g/mol. The molecule has 4 rings (SSSR count). The van der Waals surface area contributed by atoms with Gasteiger partial charge in [-0.25, -0.2) is 13.1 Å². The van der Waals surface area contributed by atoms with Crippen molar-refractivity contribution in [3.05, 3.63) is 54.6 Å². The normalized spacial score (nSPS) is 12.4. The van der Waals surface area contributed by atoms with Gasteiger partial charge in [-0.15, -0.1) is 0 Å². The number of ether oxygens (including phenoxy) is 3. The molecule has 0 saturated heterocycles. The molecule has 8 heteroatoms. The SMILES string of the molecule is NCCCOCCOCCOCCCNS(=O)(=O)c1ccc2ccc3cccc4ccc1c2c34. The average Bonchev–Trinajstić information content (AvgIpc) is 2.85. The lowest BCUT2D eigenvalue weighted by atomic mass is 9.94. The van der Waals surface area contributed by atoms with Crippen LogP contribution in [0.25, 0.3) is 32.3 Å². The van der Waals surface area contributed by atoms with Gasteiger partial charge in [-0.05, 0) is 52.4 Å². The van der Waals surface area contributed by atoms with Crippen molar-refractivity contribution in [2.45, 2.75) is 17.7 Å². The van der Waals surface area contributed by atoms with Crippen molar-refractivity contribution in [1.29, 1.82) is 0 Å². The second-order valence-electron chi connectivity index (χ2n) is 8.15. The number of nitrogens with one attached hydrogen (secondary N) is 1. The molecule has 0 aliphatic rings. The maximum atomic E-state index is 13.1. The number of rotatable bonds is 15. The Hall–Kier alpha value is -2.33. The van der Waals surface area contributed by atoms with Crippen molar-refractivity contribution in [1.82, 2.24) is 4.72 Å². The standard InChI is InChI=1S/C26H32N2O5S/c27-12-2-14-31-16-18-33-19-17-32-15-3-13-28-34(29,30)24-11-9-22-7-6-20-4-1-5-21-8-10-23(24)26(22)25(20)21/h1,4-11,28H,2-3,12-19,27H2. The van der Waals surface area contributed by atoms with Gasteiger partial charge < -0.3 is 19.9 Å². The Morgan fingerprint density at radius 2 is 1.24 bits per heavy atom. The number of benzene rings is 4. The summed E-state index contributed by atoms with van der Waals surface area (Å²) in [5.41, 5.74) is 5.40. The summed E-state index contributed by atoms with van der Waals surface area (Å²) in [6.07, 6.45) is 1.43. The monoisotopic (exact) mass is 484 g/mol. The Kier molecular flexibility index (Phi) is 8.66. The van der Waals surface area contributed by atoms with E-state index in [4.69, 9.17) is 19.9 Å². The molecule has 7 nitrogen and oxygen atoms in total. The highest BCUT2D eigenvalue weighted by atomic mass is 32.2. The molecule has 0 aromatic heterocycles. The summed E-state index contributed by atoms with van der Waals surface area (Å²) in [6, 6.07) is 17.7. The third-order valence-electron chi connectivity index (χ3n) is 5.77. The number of nitrogens with two attached hydrogens (primary N) is 1. The number of hydrogen-bond donors (Lipinski definition) is 2. The van der Waals surface area contributed by atoms with Crippen LogP contribution in [0.3, 0.4) is 0 Å². The van der Waals surface area contributed by atoms with Crippen molar-refractivity contribution < 1.29 is 22.6 Å². The van der Waals surface area contributed by atoms with E-state index >= 15 is 0 Å². The molecule has 0 aliphatic carbocycles. The lowest BCUT2D eigenvalue weighted by Crippen LogP contribution is -2.26. The summed E-state index contributed by atoms with van der Waals surface area (Å²) >= 11 is 0. The van der Waals surface area contributed by atoms with Crippen molar-refractivity contribution in [3.8, 4) is 0 Å². The Balaban J connectivity index is 1.27. The third-order valence-corrected chi connectivity index (χ3v) is 7.29. The summed E-state index contributed by atoms with van der Waals surface area (Å²) in [5.74, 6) is 0. The highest BCUT2D eigenvalue weighted by molar-refractivity contribution is 7.89. The maximum Gasteiger partial charge on any atom is 0.241 e. The molecular weight excluding hydrogens is 452 g/mol. The van der Waals surface area contributed by atoms with E-state index in [9.17, 15) is 8.42 Å². The second kappa shape index (κ2) is 11.9. The quantitative estimate of drug-likeness (QED) is 0.197. The van der Waals surface area contributed by atoms with Crippen LogP contribution in [0, 0.1) is 0 Å². The van der Waals surface area contributed by atoms with Gasteiger partial charge in [-0.1, -0.05) is 48.5 Å². The molecule has 3 N–H and O–H groups in total. The topological polar surface area (TPSA) is 99.9 Å². The van der Waals surface area contributed by atoms with Crippen LogP contribution in [0.15, 0.2) is 59.5 Å². The predicted octanol–water partition coefficient (Wildman–Crippen LogP) is 3.65. The second-order valence-corrected chi connectivity index (χ2v) is 9.89. The molecule has 0 spiro atoms. The smallest absolute Gasteiger partial charge is 0.241 e. The van der Waals surface area contributed by atoms with Crippen LogP contribution in [0.5, 0.6) is 0 Å². The van der Waals surface area contributed by atoms with Gasteiger partial charge in [0, 0.05) is 25.1 Å². The zero-order valence-electron chi connectivity index (χ0n) is 19.3. The summed E-state index contributed by atoms with van der Waals surface area (Å²) < 4.78 is 45.2. The van der Waals surface area contributed by atoms with Gasteiger partial charge in [0.1, 0.15) is 0 Å². The van der Waals surface area contributed by atoms with Crippen LogP contribution < -0.4 is 10.5 Å². The molecule has 4 aromatic carbocycles. The van der Waals surface area contributed by atoms with Crippen LogP contribution in [-0.4, -0.2) is 61.1 Å². The van der Waals surface area contributed by atoms with Gasteiger partial charge in [0.2, 0.25) is 10.0 Å². The molecule has 4 aromatic rings. The summed E-state index contributed by atoms with van der Waals surface area (Å²) in [6.45, 7) is 4.05. The van der Waals surface area contributed by atoms with E-state index in [1.807, 2.05) is 30.3 Å². The molecule has 0 radical (unpaired) electrons. The fourth-order valence-electron chi connectivity index (χ4n) is 4.13. The van der Waals surface area contributed by atoms with Gasteiger partial charge in [0.15, 0.2) is 0 Å². The van der Waals surface area contributed by atoms with Crippen molar-refractivity contribution in [2.24, 2.45) is 5.73 Å². The first-order chi connectivity index (χ1) is 16.6. The lowest BCUT2D eigenvalue weighted by molar-refractivity contribution is 0.0142. The minimum absolute atomic E-state index is 0.306. The number of hydrogen-bond acceptors (Lipinski definition) is 6. The lowest BCUT2D eigenvalue weighted by Gasteiger charge is -2.14. The Morgan fingerprint density at radius 1 is 0.676 bits per heavy atom. The van der Waals surface area contributed by atoms with Gasteiger partial charge in [-0.3, -0.25) is 0 Å². The van der Waals surface area contributed by atoms with Gasteiger partial charge in [0.05, 0.1) is 31.3 Å². The molecule has 0 heterocycles. The van der Waals surface area contributed by atoms with Gasteiger partial charge >= 0.3 is 0 Å². The third kappa shape index (κ3) is 5.83. The molecule has 0 atom stereocenters. The highest BCUT2D eigenvalue weighted by Crippen LogP contribution is 2.37. The van der Waals surface area contributed by atoms with E-state index in [2.05, 4.69) is 22.9 Å². The molecule has 0 bridgehead atoms. The summed E-state index contributed by atoms with van der Waals surface area (Å²) in [4.78, 5) is 0.307. The molecule has 0 amide bonds. The molecule has 0 fully saturated rings. The van der Waals surface area contributed by atoms with E-state index < -0.39 is 10.0 Å². The first-order valence-electron chi connectivity index (χ1n) is 11.7. The van der Waals surface area contributed by atoms with E-state index in [-0.39, 0.29) is 0 Å². The fourth-order valence-corrected chi connectivity index (χ4v) is 5.40. The Bertz CT molecular complexity index is 1290. The largest absolute Gasteiger partial charge is 0.379 e. The molecule has 34 heavy (non-hydrogen) atoms. The van der Waals surface area contributed by atoms with Gasteiger partial charge in [-0.2, -0.15) is 0 Å². The molecule has 0 unspecified atom stereocenters. The van der Waals surface area contributed by atoms with E-state index in [1.54, 1.807) is 6.07 Å². The van der Waals surface area contributed by atoms with Crippen LogP contribution in [-0.2, 0) is 24.2 Å². The molecular formula is C26H32N2O5S. The fraction of sp³-hybridized carbons (Fsp3) is 0.385. The van der Waals surface area contributed by atoms with Gasteiger partial charge in [0.25, 0.3) is 0 Å². The minimum Gasteiger partial charge on any atom is -0.379 e. The van der Waals surface area contributed by atoms with E-state index in [1.165, 1.54) is 0 Å². The summed E-state index contributed by atoms with van der Waals surface area (Å²) in [5, 5.41) is 6.10. The van der Waals surface area contributed by atoms with Crippen molar-refractivity contribution in [2.75, 3.05) is 52.7 Å². The molecule has 0 aliphatic heterocycles. The van der Waals surface area contributed by atoms with Crippen LogP contribution in [0.4, 0.5) is 0 Å². The zero-order valence-corrected chi connectivity index (χ0v) is 20.1. The number of sulfonamides is 1. The van der Waals surface area contributed by atoms with Crippen LogP contribution in [0.2, 0.25) is 0 Å². The van der Waals surface area contributed by atoms with E-state index in [0.29, 0.717) is 64.0 Å². The first-order valence-corrected chi connectivity index (χ1v) is 13.2. The zero-order chi connectivity index (χ0) is 23.8. The molecule has 0 saturated carbocycles. The van der Waals surface area contributed by atoms with Crippen molar-refractivity contribution >= 4 is 42.3 Å². The van der Waals surface area contributed by atoms with E-state index in [0.717, 1.165) is 38.7 Å².